The molecule has 2 rings (SSSR count). The van der Waals surface area contributed by atoms with E-state index in [-0.39, 0.29) is 17.2 Å². The van der Waals surface area contributed by atoms with Crippen LogP contribution in [0.15, 0.2) is 47.4 Å². The average molecular weight is 399 g/mol. The maximum atomic E-state index is 12.9. The highest BCUT2D eigenvalue weighted by Gasteiger charge is 2.13. The Morgan fingerprint density at radius 3 is 2.48 bits per heavy atom. The van der Waals surface area contributed by atoms with Crippen molar-refractivity contribution in [1.29, 1.82) is 0 Å². The van der Waals surface area contributed by atoms with Crippen LogP contribution < -0.4 is 20.3 Å². The Kier molecular flexibility index (Phi) is 9.02. The molecule has 1 aromatic heterocycles. The number of ether oxygens (including phenoxy) is 2. The maximum absolute atomic E-state index is 12.9. The number of methoxy groups -OCH3 is 2. The van der Waals surface area contributed by atoms with Crippen molar-refractivity contribution in [2.45, 2.75) is 39.0 Å². The molecule has 6 nitrogen and oxygen atoms in total. The molecule has 1 N–H and O–H groups in total. The summed E-state index contributed by atoms with van der Waals surface area (Å²) in [5, 5.41) is 2.93. The molecule has 0 saturated carbocycles. The van der Waals surface area contributed by atoms with E-state index in [0.29, 0.717) is 18.0 Å². The fourth-order valence-corrected chi connectivity index (χ4v) is 2.99. The number of benzene rings is 1. The topological polar surface area (TPSA) is 69.6 Å². The van der Waals surface area contributed by atoms with Crippen molar-refractivity contribution in [3.8, 4) is 11.5 Å². The lowest BCUT2D eigenvalue weighted by atomic mass is 10.1. The molecule has 0 radical (unpaired) electrons. The molecule has 0 unspecified atom stereocenters. The summed E-state index contributed by atoms with van der Waals surface area (Å²) in [4.78, 5) is 25.2. The minimum atomic E-state index is -0.288. The standard InChI is InChI=1S/C23H30N2O4/c1-4-5-6-7-9-14-24-23(27)19(25-15-10-8-11-22(25)26)16-18-12-13-20(28-2)21(17-18)29-3/h8,10-13,15-17H,4-7,9,14H2,1-3H3,(H,24,27)/b19-16+. The second kappa shape index (κ2) is 11.7. The van der Waals surface area contributed by atoms with Crippen LogP contribution in [-0.2, 0) is 4.79 Å². The molecule has 1 aromatic carbocycles. The molecule has 0 fully saturated rings. The van der Waals surface area contributed by atoms with Crippen molar-refractivity contribution in [3.63, 3.8) is 0 Å². The van der Waals surface area contributed by atoms with Gasteiger partial charge in [-0.25, -0.2) is 0 Å². The smallest absolute Gasteiger partial charge is 0.268 e. The predicted molar refractivity (Wildman–Crippen MR) is 116 cm³/mol. The molecule has 1 heterocycles. The molecular weight excluding hydrogens is 368 g/mol. The number of carbonyl (C=O) groups excluding carboxylic acids is 1. The summed E-state index contributed by atoms with van der Waals surface area (Å²) in [5.41, 5.74) is 0.722. The summed E-state index contributed by atoms with van der Waals surface area (Å²) in [6, 6.07) is 10.2. The number of nitrogens with zero attached hydrogens (tertiary/aromatic N) is 1. The van der Waals surface area contributed by atoms with Crippen LogP contribution in [0, 0.1) is 0 Å². The number of hydrogen-bond acceptors (Lipinski definition) is 4. The number of rotatable bonds is 11. The Bertz CT molecular complexity index is 886. The molecule has 0 atom stereocenters. The maximum Gasteiger partial charge on any atom is 0.268 e. The van der Waals surface area contributed by atoms with Crippen LogP contribution >= 0.6 is 0 Å². The van der Waals surface area contributed by atoms with E-state index in [2.05, 4.69) is 12.2 Å². The van der Waals surface area contributed by atoms with Crippen LogP contribution in [-0.4, -0.2) is 31.2 Å². The van der Waals surface area contributed by atoms with Crippen molar-refractivity contribution >= 4 is 17.7 Å². The van der Waals surface area contributed by atoms with E-state index in [1.807, 2.05) is 6.07 Å². The lowest BCUT2D eigenvalue weighted by molar-refractivity contribution is -0.115. The van der Waals surface area contributed by atoms with Crippen molar-refractivity contribution < 1.29 is 14.3 Å². The van der Waals surface area contributed by atoms with Gasteiger partial charge in [-0.1, -0.05) is 44.7 Å². The molecule has 29 heavy (non-hydrogen) atoms. The number of carbonyl (C=O) groups is 1. The molecular formula is C23H30N2O4. The first kappa shape index (κ1) is 22.3. The number of hydrogen-bond donors (Lipinski definition) is 1. The van der Waals surface area contributed by atoms with Gasteiger partial charge in [-0.2, -0.15) is 0 Å². The van der Waals surface area contributed by atoms with Gasteiger partial charge in [-0.05, 0) is 36.3 Å². The van der Waals surface area contributed by atoms with E-state index in [0.717, 1.165) is 18.4 Å². The highest BCUT2D eigenvalue weighted by molar-refractivity contribution is 6.18. The number of unbranched alkanes of at least 4 members (excludes halogenated alkanes) is 4. The Morgan fingerprint density at radius 1 is 1.03 bits per heavy atom. The fraction of sp³-hybridized carbons (Fsp3) is 0.391. The second-order valence-corrected chi connectivity index (χ2v) is 6.72. The largest absolute Gasteiger partial charge is 0.493 e. The van der Waals surface area contributed by atoms with Crippen molar-refractivity contribution in [3.05, 3.63) is 58.5 Å². The van der Waals surface area contributed by atoms with Gasteiger partial charge in [0.1, 0.15) is 5.70 Å². The fourth-order valence-electron chi connectivity index (χ4n) is 2.99. The Morgan fingerprint density at radius 2 is 1.79 bits per heavy atom. The van der Waals surface area contributed by atoms with Crippen LogP contribution in [0.1, 0.15) is 44.6 Å². The van der Waals surface area contributed by atoms with Crippen LogP contribution in [0.4, 0.5) is 0 Å². The van der Waals surface area contributed by atoms with Gasteiger partial charge in [0.15, 0.2) is 11.5 Å². The molecule has 6 heteroatoms. The third kappa shape index (κ3) is 6.52. The molecule has 0 saturated heterocycles. The molecule has 1 amide bonds. The molecule has 0 aliphatic heterocycles. The second-order valence-electron chi connectivity index (χ2n) is 6.72. The van der Waals surface area contributed by atoms with Gasteiger partial charge in [0.05, 0.1) is 14.2 Å². The van der Waals surface area contributed by atoms with Crippen LogP contribution in [0.2, 0.25) is 0 Å². The zero-order chi connectivity index (χ0) is 21.1. The summed E-state index contributed by atoms with van der Waals surface area (Å²) in [6.07, 6.45) is 8.82. The van der Waals surface area contributed by atoms with E-state index >= 15 is 0 Å². The molecule has 0 bridgehead atoms. The van der Waals surface area contributed by atoms with Gasteiger partial charge in [0.2, 0.25) is 0 Å². The number of amides is 1. The Labute approximate surface area is 172 Å². The number of pyridine rings is 1. The van der Waals surface area contributed by atoms with Crippen molar-refractivity contribution in [2.75, 3.05) is 20.8 Å². The quantitative estimate of drug-likeness (QED) is 0.460. The minimum Gasteiger partial charge on any atom is -0.493 e. The minimum absolute atomic E-state index is 0.261. The molecule has 2 aromatic rings. The molecule has 0 aliphatic carbocycles. The van der Waals surface area contributed by atoms with Gasteiger partial charge < -0.3 is 14.8 Å². The highest BCUT2D eigenvalue weighted by atomic mass is 16.5. The van der Waals surface area contributed by atoms with Gasteiger partial charge in [-0.15, -0.1) is 0 Å². The number of aromatic nitrogens is 1. The van der Waals surface area contributed by atoms with Crippen molar-refractivity contribution in [2.24, 2.45) is 0 Å². The van der Waals surface area contributed by atoms with E-state index in [1.54, 1.807) is 50.8 Å². The third-order valence-corrected chi connectivity index (χ3v) is 4.59. The summed E-state index contributed by atoms with van der Waals surface area (Å²) < 4.78 is 11.9. The van der Waals surface area contributed by atoms with Crippen LogP contribution in [0.25, 0.3) is 11.8 Å². The van der Waals surface area contributed by atoms with Gasteiger partial charge >= 0.3 is 0 Å². The molecule has 156 valence electrons. The van der Waals surface area contributed by atoms with E-state index in [1.165, 1.54) is 29.9 Å². The summed E-state index contributed by atoms with van der Waals surface area (Å²) >= 11 is 0. The first-order chi connectivity index (χ1) is 14.1. The first-order valence-corrected chi connectivity index (χ1v) is 10.0. The monoisotopic (exact) mass is 398 g/mol. The first-order valence-electron chi connectivity index (χ1n) is 10.0. The molecule has 0 aliphatic rings. The zero-order valence-electron chi connectivity index (χ0n) is 17.4. The normalized spacial score (nSPS) is 11.2. The predicted octanol–water partition coefficient (Wildman–Crippen LogP) is 3.95. The summed E-state index contributed by atoms with van der Waals surface area (Å²) in [6.45, 7) is 2.75. The van der Waals surface area contributed by atoms with Crippen molar-refractivity contribution in [1.82, 2.24) is 9.88 Å². The lowest BCUT2D eigenvalue weighted by Gasteiger charge is -2.13. The zero-order valence-corrected chi connectivity index (χ0v) is 17.4. The van der Waals surface area contributed by atoms with E-state index < -0.39 is 0 Å². The molecule has 0 spiro atoms. The van der Waals surface area contributed by atoms with Gasteiger partial charge in [0, 0.05) is 18.8 Å². The summed E-state index contributed by atoms with van der Waals surface area (Å²) in [5.74, 6) is 0.862. The summed E-state index contributed by atoms with van der Waals surface area (Å²) in [7, 11) is 3.12. The SMILES string of the molecule is CCCCCCCNC(=O)/C(=C\c1ccc(OC)c(OC)c1)n1ccccc1=O. The van der Waals surface area contributed by atoms with E-state index in [4.69, 9.17) is 9.47 Å². The van der Waals surface area contributed by atoms with Crippen LogP contribution in [0.3, 0.4) is 0 Å². The lowest BCUT2D eigenvalue weighted by Crippen LogP contribution is -2.31. The van der Waals surface area contributed by atoms with Gasteiger partial charge in [-0.3, -0.25) is 14.2 Å². The Hall–Kier alpha value is -3.02. The third-order valence-electron chi connectivity index (χ3n) is 4.59. The highest BCUT2D eigenvalue weighted by Crippen LogP contribution is 2.28. The average Bonchev–Trinajstić information content (AvgIpc) is 2.74. The van der Waals surface area contributed by atoms with Gasteiger partial charge in [0.25, 0.3) is 11.5 Å². The van der Waals surface area contributed by atoms with E-state index in [9.17, 15) is 9.59 Å². The van der Waals surface area contributed by atoms with Crippen LogP contribution in [0.5, 0.6) is 11.5 Å². The Balaban J connectivity index is 2.26. The number of nitrogens with one attached hydrogen (secondary N) is 1.